The average Bonchev–Trinajstić information content (AvgIpc) is 2.58. The summed E-state index contributed by atoms with van der Waals surface area (Å²) in [4.78, 5) is 2.43. The van der Waals surface area contributed by atoms with Gasteiger partial charge in [-0.25, -0.2) is 0 Å². The highest BCUT2D eigenvalue weighted by molar-refractivity contribution is 5.23. The minimum atomic E-state index is 0.444. The van der Waals surface area contributed by atoms with Crippen molar-refractivity contribution in [2.24, 2.45) is 0 Å². The van der Waals surface area contributed by atoms with Gasteiger partial charge in [0.15, 0.2) is 0 Å². The lowest BCUT2D eigenvalue weighted by Crippen LogP contribution is -2.33. The maximum absolute atomic E-state index is 3.73. The smallest absolute Gasteiger partial charge is 0.0294 e. The summed E-state index contributed by atoms with van der Waals surface area (Å²) in [5.41, 5.74) is 2.72. The Morgan fingerprint density at radius 2 is 1.94 bits per heavy atom. The monoisotopic (exact) mass is 232 g/mol. The Morgan fingerprint density at radius 1 is 1.29 bits per heavy atom. The zero-order chi connectivity index (χ0) is 12.4. The first-order chi connectivity index (χ1) is 8.06. The molecule has 1 fully saturated rings. The Kier molecular flexibility index (Phi) is 3.85. The molecule has 94 valence electrons. The molecule has 0 bridgehead atoms. The fraction of sp³-hybridized carbons (Fsp3) is 0.600. The molecule has 0 amide bonds. The lowest BCUT2D eigenvalue weighted by Gasteiger charge is -2.19. The van der Waals surface area contributed by atoms with Crippen molar-refractivity contribution in [2.45, 2.75) is 45.3 Å². The van der Waals surface area contributed by atoms with Gasteiger partial charge in [-0.3, -0.25) is 0 Å². The van der Waals surface area contributed by atoms with Gasteiger partial charge in [-0.15, -0.1) is 0 Å². The predicted octanol–water partition coefficient (Wildman–Crippen LogP) is 2.74. The highest BCUT2D eigenvalue weighted by Gasteiger charge is 2.26. The lowest BCUT2D eigenvalue weighted by molar-refractivity contribution is 0.325. The van der Waals surface area contributed by atoms with Crippen LogP contribution in [0.5, 0.6) is 0 Å². The molecule has 1 heterocycles. The Balaban J connectivity index is 1.93. The molecule has 2 unspecified atom stereocenters. The number of hydrogen-bond acceptors (Lipinski definition) is 2. The zero-order valence-electron chi connectivity index (χ0n) is 11.4. The van der Waals surface area contributed by atoms with Crippen LogP contribution in [0.4, 0.5) is 0 Å². The summed E-state index contributed by atoms with van der Waals surface area (Å²) in [6.07, 6.45) is 1.26. The SMILES string of the molecule is Cc1ccc([C@@H](C)NC2CC(C)N(C)C2)cc1. The molecule has 1 aromatic carbocycles. The number of nitrogens with zero attached hydrogens (tertiary/aromatic N) is 1. The summed E-state index contributed by atoms with van der Waals surface area (Å²) in [5, 5.41) is 3.73. The molecule has 2 heteroatoms. The fourth-order valence-electron chi connectivity index (χ4n) is 2.62. The van der Waals surface area contributed by atoms with Gasteiger partial charge in [0, 0.05) is 24.7 Å². The number of likely N-dealkylation sites (tertiary alicyclic amines) is 1. The molecule has 17 heavy (non-hydrogen) atoms. The van der Waals surface area contributed by atoms with Gasteiger partial charge < -0.3 is 10.2 Å². The first-order valence-electron chi connectivity index (χ1n) is 6.59. The van der Waals surface area contributed by atoms with Crippen LogP contribution in [0.15, 0.2) is 24.3 Å². The van der Waals surface area contributed by atoms with Crippen molar-refractivity contribution in [3.63, 3.8) is 0 Å². The first kappa shape index (κ1) is 12.6. The topological polar surface area (TPSA) is 15.3 Å². The summed E-state index contributed by atoms with van der Waals surface area (Å²) in [6.45, 7) is 7.86. The Labute approximate surface area is 105 Å². The quantitative estimate of drug-likeness (QED) is 0.862. The van der Waals surface area contributed by atoms with E-state index in [1.807, 2.05) is 0 Å². The highest BCUT2D eigenvalue weighted by Crippen LogP contribution is 2.19. The Bertz CT molecular complexity index is 348. The summed E-state index contributed by atoms with van der Waals surface area (Å²) in [5.74, 6) is 0. The Hall–Kier alpha value is -0.860. The summed E-state index contributed by atoms with van der Waals surface area (Å²) >= 11 is 0. The van der Waals surface area contributed by atoms with E-state index in [9.17, 15) is 0 Å². The molecule has 1 N–H and O–H groups in total. The molecule has 0 aromatic heterocycles. The predicted molar refractivity (Wildman–Crippen MR) is 73.2 cm³/mol. The van der Waals surface area contributed by atoms with Gasteiger partial charge in [0.1, 0.15) is 0 Å². The van der Waals surface area contributed by atoms with Gasteiger partial charge in [0.2, 0.25) is 0 Å². The van der Waals surface area contributed by atoms with Gasteiger partial charge in [-0.2, -0.15) is 0 Å². The molecule has 0 radical (unpaired) electrons. The zero-order valence-corrected chi connectivity index (χ0v) is 11.4. The molecule has 1 aliphatic rings. The maximum Gasteiger partial charge on any atom is 0.0294 e. The molecule has 2 rings (SSSR count). The third kappa shape index (κ3) is 3.08. The van der Waals surface area contributed by atoms with E-state index in [1.165, 1.54) is 17.5 Å². The second-order valence-corrected chi connectivity index (χ2v) is 5.52. The normalized spacial score (nSPS) is 27.3. The van der Waals surface area contributed by atoms with E-state index in [-0.39, 0.29) is 0 Å². The molecule has 1 aliphatic heterocycles. The lowest BCUT2D eigenvalue weighted by atomic mass is 10.0. The van der Waals surface area contributed by atoms with E-state index in [1.54, 1.807) is 0 Å². The molecular formula is C15H24N2. The van der Waals surface area contributed by atoms with Crippen LogP contribution in [0.1, 0.15) is 37.4 Å². The third-order valence-corrected chi connectivity index (χ3v) is 3.95. The van der Waals surface area contributed by atoms with Crippen LogP contribution in [0.25, 0.3) is 0 Å². The number of likely N-dealkylation sites (N-methyl/N-ethyl adjacent to an activating group) is 1. The second kappa shape index (κ2) is 5.19. The van der Waals surface area contributed by atoms with Crippen molar-refractivity contribution >= 4 is 0 Å². The van der Waals surface area contributed by atoms with Crippen LogP contribution >= 0.6 is 0 Å². The number of hydrogen-bond donors (Lipinski definition) is 1. The van der Waals surface area contributed by atoms with Crippen LogP contribution in [0.3, 0.4) is 0 Å². The van der Waals surface area contributed by atoms with Crippen molar-refractivity contribution in [2.75, 3.05) is 13.6 Å². The summed E-state index contributed by atoms with van der Waals surface area (Å²) in [7, 11) is 2.21. The molecule has 3 atom stereocenters. The molecule has 0 aliphatic carbocycles. The van der Waals surface area contributed by atoms with E-state index in [2.05, 4.69) is 62.3 Å². The van der Waals surface area contributed by atoms with Crippen LogP contribution in [-0.4, -0.2) is 30.6 Å². The molecule has 1 aromatic rings. The number of nitrogens with one attached hydrogen (secondary N) is 1. The highest BCUT2D eigenvalue weighted by atomic mass is 15.2. The largest absolute Gasteiger partial charge is 0.306 e. The average molecular weight is 232 g/mol. The molecule has 2 nitrogen and oxygen atoms in total. The Morgan fingerprint density at radius 3 is 2.47 bits per heavy atom. The van der Waals surface area contributed by atoms with Crippen LogP contribution < -0.4 is 5.32 Å². The summed E-state index contributed by atoms with van der Waals surface area (Å²) < 4.78 is 0. The van der Waals surface area contributed by atoms with Crippen molar-refractivity contribution in [3.05, 3.63) is 35.4 Å². The van der Waals surface area contributed by atoms with Gasteiger partial charge >= 0.3 is 0 Å². The van der Waals surface area contributed by atoms with Gasteiger partial charge in [0.05, 0.1) is 0 Å². The molecular weight excluding hydrogens is 208 g/mol. The van der Waals surface area contributed by atoms with Crippen molar-refractivity contribution < 1.29 is 0 Å². The van der Waals surface area contributed by atoms with E-state index >= 15 is 0 Å². The van der Waals surface area contributed by atoms with Gasteiger partial charge in [0.25, 0.3) is 0 Å². The van der Waals surface area contributed by atoms with E-state index in [0.29, 0.717) is 18.1 Å². The van der Waals surface area contributed by atoms with Gasteiger partial charge in [-0.1, -0.05) is 29.8 Å². The number of rotatable bonds is 3. The molecule has 0 spiro atoms. The van der Waals surface area contributed by atoms with Crippen LogP contribution in [0.2, 0.25) is 0 Å². The van der Waals surface area contributed by atoms with E-state index in [4.69, 9.17) is 0 Å². The first-order valence-corrected chi connectivity index (χ1v) is 6.59. The summed E-state index contributed by atoms with van der Waals surface area (Å²) in [6, 6.07) is 10.6. The second-order valence-electron chi connectivity index (χ2n) is 5.52. The van der Waals surface area contributed by atoms with Crippen molar-refractivity contribution in [1.29, 1.82) is 0 Å². The van der Waals surface area contributed by atoms with Crippen LogP contribution in [0, 0.1) is 6.92 Å². The van der Waals surface area contributed by atoms with Crippen molar-refractivity contribution in [3.8, 4) is 0 Å². The number of benzene rings is 1. The minimum Gasteiger partial charge on any atom is -0.306 e. The minimum absolute atomic E-state index is 0.444. The van der Waals surface area contributed by atoms with Gasteiger partial charge in [-0.05, 0) is 39.8 Å². The molecule has 0 saturated carbocycles. The maximum atomic E-state index is 3.73. The van der Waals surface area contributed by atoms with E-state index in [0.717, 1.165) is 6.54 Å². The fourth-order valence-corrected chi connectivity index (χ4v) is 2.62. The standard InChI is InChI=1S/C15H24N2/c1-11-5-7-14(8-6-11)13(3)16-15-9-12(2)17(4)10-15/h5-8,12-13,15-16H,9-10H2,1-4H3/t12?,13-,15?/m1/s1. The number of aryl methyl sites for hydroxylation is 1. The third-order valence-electron chi connectivity index (χ3n) is 3.95. The molecule has 1 saturated heterocycles. The van der Waals surface area contributed by atoms with Crippen molar-refractivity contribution in [1.82, 2.24) is 10.2 Å². The van der Waals surface area contributed by atoms with Crippen LogP contribution in [-0.2, 0) is 0 Å². The van der Waals surface area contributed by atoms with E-state index < -0.39 is 0 Å².